The molecular formula is C38H30O8. The third-order valence-corrected chi connectivity index (χ3v) is 6.67. The van der Waals surface area contributed by atoms with Gasteiger partial charge in [-0.05, 0) is 48.5 Å². The standard InChI is InChI=1S/C38H30O8/c1-41-33-21-29(17-11-25-7-13-27(14-8-25)37(39)45-5)31(23-35(33)43-3)19-20-32-24-36(44-4)34(42-2)22-30(32)18-12-26-9-15-28(16-10-26)38(40)46-6/h7-10,13-16,21-24H,1-6H3. The Kier molecular flexibility index (Phi) is 10.9. The van der Waals surface area contributed by atoms with Crippen LogP contribution in [0.2, 0.25) is 0 Å². The average molecular weight is 615 g/mol. The molecule has 0 aliphatic rings. The SMILES string of the molecule is COC(=O)c1ccc(C#Cc2cc(OC)c(OC)cc2C#Cc2cc(OC)c(OC)cc2C#Cc2ccc(C(=O)OC)cc2)cc1. The van der Waals surface area contributed by atoms with Crippen LogP contribution >= 0.6 is 0 Å². The highest BCUT2D eigenvalue weighted by molar-refractivity contribution is 5.89. The Morgan fingerprint density at radius 3 is 0.913 bits per heavy atom. The van der Waals surface area contributed by atoms with Crippen LogP contribution in [0.4, 0.5) is 0 Å². The summed E-state index contributed by atoms with van der Waals surface area (Å²) in [6, 6.07) is 20.6. The van der Waals surface area contributed by atoms with Gasteiger partial charge in [-0.15, -0.1) is 0 Å². The zero-order chi connectivity index (χ0) is 33.1. The number of methoxy groups -OCH3 is 6. The van der Waals surface area contributed by atoms with Crippen LogP contribution < -0.4 is 18.9 Å². The average Bonchev–Trinajstić information content (AvgIpc) is 3.11. The lowest BCUT2D eigenvalue weighted by Gasteiger charge is -2.10. The predicted molar refractivity (Wildman–Crippen MR) is 173 cm³/mol. The molecule has 0 aromatic heterocycles. The zero-order valence-corrected chi connectivity index (χ0v) is 26.2. The van der Waals surface area contributed by atoms with Gasteiger partial charge in [0, 0.05) is 57.6 Å². The Labute approximate surface area is 268 Å². The number of carbonyl (C=O) groups excluding carboxylic acids is 2. The number of ether oxygens (including phenoxy) is 6. The molecule has 8 heteroatoms. The van der Waals surface area contributed by atoms with Crippen molar-refractivity contribution in [3.63, 3.8) is 0 Å². The van der Waals surface area contributed by atoms with Crippen molar-refractivity contribution in [2.24, 2.45) is 0 Å². The van der Waals surface area contributed by atoms with Crippen molar-refractivity contribution in [1.82, 2.24) is 0 Å². The second-order valence-electron chi connectivity index (χ2n) is 9.39. The van der Waals surface area contributed by atoms with Crippen molar-refractivity contribution in [3.8, 4) is 58.5 Å². The molecule has 0 unspecified atom stereocenters. The zero-order valence-electron chi connectivity index (χ0n) is 26.2. The van der Waals surface area contributed by atoms with Gasteiger partial charge in [-0.1, -0.05) is 35.5 Å². The minimum atomic E-state index is -0.423. The summed E-state index contributed by atoms with van der Waals surface area (Å²) in [6.45, 7) is 0. The monoisotopic (exact) mass is 614 g/mol. The lowest BCUT2D eigenvalue weighted by molar-refractivity contribution is 0.0592. The first-order valence-corrected chi connectivity index (χ1v) is 13.8. The Morgan fingerprint density at radius 2 is 0.674 bits per heavy atom. The molecule has 46 heavy (non-hydrogen) atoms. The maximum Gasteiger partial charge on any atom is 0.337 e. The Bertz CT molecular complexity index is 1800. The van der Waals surface area contributed by atoms with Crippen LogP contribution in [-0.2, 0) is 9.47 Å². The fraction of sp³-hybridized carbons (Fsp3) is 0.158. The predicted octanol–water partition coefficient (Wildman–Crippen LogP) is 5.49. The number of benzene rings is 4. The molecule has 4 aromatic rings. The molecule has 0 aliphatic carbocycles. The number of esters is 2. The van der Waals surface area contributed by atoms with Gasteiger partial charge in [0.15, 0.2) is 23.0 Å². The van der Waals surface area contributed by atoms with Gasteiger partial charge in [-0.2, -0.15) is 0 Å². The topological polar surface area (TPSA) is 89.5 Å². The van der Waals surface area contributed by atoms with Gasteiger partial charge < -0.3 is 28.4 Å². The molecule has 0 aliphatic heterocycles. The molecule has 0 bridgehead atoms. The Morgan fingerprint density at radius 1 is 0.413 bits per heavy atom. The Balaban J connectivity index is 1.79. The summed E-state index contributed by atoms with van der Waals surface area (Å²) < 4.78 is 31.6. The normalized spacial score (nSPS) is 9.61. The highest BCUT2D eigenvalue weighted by atomic mass is 16.5. The van der Waals surface area contributed by atoms with Crippen molar-refractivity contribution in [2.75, 3.05) is 42.7 Å². The minimum Gasteiger partial charge on any atom is -0.493 e. The van der Waals surface area contributed by atoms with Gasteiger partial charge in [0.2, 0.25) is 0 Å². The van der Waals surface area contributed by atoms with Crippen LogP contribution in [0, 0.1) is 35.5 Å². The van der Waals surface area contributed by atoms with Crippen molar-refractivity contribution in [3.05, 3.63) is 117 Å². The highest BCUT2D eigenvalue weighted by Gasteiger charge is 2.12. The summed E-state index contributed by atoms with van der Waals surface area (Å²) in [5.74, 6) is 20.1. The number of hydrogen-bond donors (Lipinski definition) is 0. The third kappa shape index (κ3) is 7.80. The summed E-state index contributed by atoms with van der Waals surface area (Å²) in [4.78, 5) is 23.6. The number of rotatable bonds is 6. The van der Waals surface area contributed by atoms with Gasteiger partial charge in [-0.3, -0.25) is 0 Å². The van der Waals surface area contributed by atoms with E-state index in [9.17, 15) is 9.59 Å². The van der Waals surface area contributed by atoms with Crippen LogP contribution in [-0.4, -0.2) is 54.6 Å². The molecule has 0 saturated heterocycles. The molecule has 0 spiro atoms. The molecular weight excluding hydrogens is 584 g/mol. The van der Waals surface area contributed by atoms with Crippen molar-refractivity contribution in [2.45, 2.75) is 0 Å². The molecule has 0 saturated carbocycles. The molecule has 4 rings (SSSR count). The summed E-state index contributed by atoms with van der Waals surface area (Å²) in [7, 11) is 8.85. The van der Waals surface area contributed by atoms with Crippen LogP contribution in [0.5, 0.6) is 23.0 Å². The highest BCUT2D eigenvalue weighted by Crippen LogP contribution is 2.32. The maximum absolute atomic E-state index is 11.8. The lowest BCUT2D eigenvalue weighted by Crippen LogP contribution is -2.00. The van der Waals surface area contributed by atoms with Gasteiger partial charge in [-0.25, -0.2) is 9.59 Å². The molecule has 230 valence electrons. The number of hydrogen-bond acceptors (Lipinski definition) is 8. The van der Waals surface area contributed by atoms with E-state index >= 15 is 0 Å². The summed E-state index contributed by atoms with van der Waals surface area (Å²) in [5.41, 5.74) is 4.61. The molecule has 4 aromatic carbocycles. The van der Waals surface area contributed by atoms with Crippen LogP contribution in [0.3, 0.4) is 0 Å². The lowest BCUT2D eigenvalue weighted by atomic mass is 10.0. The summed E-state index contributed by atoms with van der Waals surface area (Å²) in [6.07, 6.45) is 0. The van der Waals surface area contributed by atoms with Crippen molar-refractivity contribution >= 4 is 11.9 Å². The maximum atomic E-state index is 11.8. The first-order valence-electron chi connectivity index (χ1n) is 13.8. The molecule has 0 fully saturated rings. The van der Waals surface area contributed by atoms with E-state index in [4.69, 9.17) is 28.4 Å². The first kappa shape index (κ1) is 32.6. The fourth-order valence-electron chi connectivity index (χ4n) is 4.20. The van der Waals surface area contributed by atoms with Gasteiger partial charge in [0.25, 0.3) is 0 Å². The van der Waals surface area contributed by atoms with E-state index in [2.05, 4.69) is 35.5 Å². The molecule has 0 N–H and O–H groups in total. The molecule has 0 amide bonds. The second kappa shape index (κ2) is 15.4. The smallest absolute Gasteiger partial charge is 0.337 e. The van der Waals surface area contributed by atoms with Crippen LogP contribution in [0.25, 0.3) is 0 Å². The molecule has 0 atom stereocenters. The van der Waals surface area contributed by atoms with E-state index in [1.165, 1.54) is 14.2 Å². The van der Waals surface area contributed by atoms with E-state index in [0.717, 1.165) is 0 Å². The van der Waals surface area contributed by atoms with E-state index in [0.29, 0.717) is 67.5 Å². The van der Waals surface area contributed by atoms with Gasteiger partial charge in [0.1, 0.15) is 0 Å². The molecule has 0 radical (unpaired) electrons. The largest absolute Gasteiger partial charge is 0.493 e. The Hall–Kier alpha value is -6.30. The summed E-state index contributed by atoms with van der Waals surface area (Å²) in [5, 5.41) is 0. The van der Waals surface area contributed by atoms with E-state index in [1.807, 2.05) is 0 Å². The quantitative estimate of drug-likeness (QED) is 0.208. The second-order valence-corrected chi connectivity index (χ2v) is 9.39. The van der Waals surface area contributed by atoms with E-state index in [1.54, 1.807) is 101 Å². The van der Waals surface area contributed by atoms with E-state index in [-0.39, 0.29) is 0 Å². The van der Waals surface area contributed by atoms with E-state index < -0.39 is 11.9 Å². The van der Waals surface area contributed by atoms with Crippen molar-refractivity contribution < 1.29 is 38.0 Å². The van der Waals surface area contributed by atoms with Gasteiger partial charge in [0.05, 0.1) is 53.8 Å². The number of carbonyl (C=O) groups is 2. The van der Waals surface area contributed by atoms with Crippen molar-refractivity contribution in [1.29, 1.82) is 0 Å². The third-order valence-electron chi connectivity index (χ3n) is 6.67. The minimum absolute atomic E-state index is 0.423. The molecule has 8 nitrogen and oxygen atoms in total. The molecule has 0 heterocycles. The van der Waals surface area contributed by atoms with Crippen LogP contribution in [0.1, 0.15) is 54.1 Å². The van der Waals surface area contributed by atoms with Crippen LogP contribution in [0.15, 0.2) is 72.8 Å². The fourth-order valence-corrected chi connectivity index (χ4v) is 4.20. The van der Waals surface area contributed by atoms with Gasteiger partial charge >= 0.3 is 11.9 Å². The first-order chi connectivity index (χ1) is 22.3. The summed E-state index contributed by atoms with van der Waals surface area (Å²) >= 11 is 0.